The lowest BCUT2D eigenvalue weighted by molar-refractivity contribution is 0.0947. The summed E-state index contributed by atoms with van der Waals surface area (Å²) in [5.41, 5.74) is 1.41. The van der Waals surface area contributed by atoms with Gasteiger partial charge in [-0.15, -0.1) is 0 Å². The van der Waals surface area contributed by atoms with Gasteiger partial charge < -0.3 is 10.4 Å². The molecule has 6 nitrogen and oxygen atoms in total. The van der Waals surface area contributed by atoms with Crippen molar-refractivity contribution in [3.05, 3.63) is 59.7 Å². The van der Waals surface area contributed by atoms with Crippen LogP contribution in [-0.2, 0) is 15.4 Å². The van der Waals surface area contributed by atoms with Gasteiger partial charge in [-0.25, -0.2) is 8.42 Å². The molecule has 0 saturated heterocycles. The Hall–Kier alpha value is -2.54. The first-order chi connectivity index (χ1) is 11.8. The van der Waals surface area contributed by atoms with Gasteiger partial charge in [-0.05, 0) is 36.6 Å². The van der Waals surface area contributed by atoms with Crippen LogP contribution in [0, 0.1) is 0 Å². The van der Waals surface area contributed by atoms with E-state index < -0.39 is 15.9 Å². The molecular weight excluding hydrogens is 340 g/mol. The number of hydrogen-bond acceptors (Lipinski definition) is 4. The molecule has 25 heavy (non-hydrogen) atoms. The van der Waals surface area contributed by atoms with E-state index in [0.717, 1.165) is 19.1 Å². The number of nitrogens with one attached hydrogen (secondary N) is 2. The van der Waals surface area contributed by atoms with Gasteiger partial charge in [0.1, 0.15) is 5.75 Å². The average molecular weight is 360 g/mol. The van der Waals surface area contributed by atoms with Gasteiger partial charge in [0.25, 0.3) is 5.91 Å². The number of amides is 1. The summed E-state index contributed by atoms with van der Waals surface area (Å²) in [5, 5.41) is 12.8. The van der Waals surface area contributed by atoms with Gasteiger partial charge in [0.05, 0.1) is 11.8 Å². The predicted octanol–water partition coefficient (Wildman–Crippen LogP) is 2.23. The molecule has 1 saturated carbocycles. The fourth-order valence-corrected chi connectivity index (χ4v) is 3.41. The quantitative estimate of drug-likeness (QED) is 0.689. The molecule has 0 spiro atoms. The van der Waals surface area contributed by atoms with Crippen LogP contribution in [0.1, 0.15) is 28.8 Å². The lowest BCUT2D eigenvalue weighted by Crippen LogP contribution is -2.32. The van der Waals surface area contributed by atoms with Crippen LogP contribution < -0.4 is 10.0 Å². The minimum absolute atomic E-state index is 0.0394. The standard InChI is InChI=1S/C18H20N2O4S/c1-25(23,24)20-14-7-8-16(21)15(11-14)17(22)19-12-18(9-10-18)13-5-3-2-4-6-13/h2-8,11,20-21H,9-10,12H2,1H3,(H,19,22). The number of carbonyl (C=O) groups excluding carboxylic acids is 1. The van der Waals surface area contributed by atoms with E-state index in [1.807, 2.05) is 30.3 Å². The number of aromatic hydroxyl groups is 1. The van der Waals surface area contributed by atoms with Crippen LogP contribution in [-0.4, -0.2) is 32.2 Å². The zero-order valence-corrected chi connectivity index (χ0v) is 14.6. The van der Waals surface area contributed by atoms with Gasteiger partial charge in [-0.3, -0.25) is 9.52 Å². The monoisotopic (exact) mass is 360 g/mol. The summed E-state index contributed by atoms with van der Waals surface area (Å²) in [5.74, 6) is -0.627. The summed E-state index contributed by atoms with van der Waals surface area (Å²) in [6.45, 7) is 0.471. The van der Waals surface area contributed by atoms with E-state index in [9.17, 15) is 18.3 Å². The Morgan fingerprint density at radius 2 is 1.84 bits per heavy atom. The molecular formula is C18H20N2O4S. The molecule has 1 aliphatic rings. The molecule has 0 aromatic heterocycles. The first kappa shape index (κ1) is 17.3. The minimum Gasteiger partial charge on any atom is -0.507 e. The molecule has 3 N–H and O–H groups in total. The Balaban J connectivity index is 1.72. The van der Waals surface area contributed by atoms with Crippen molar-refractivity contribution >= 4 is 21.6 Å². The second kappa shape index (κ2) is 6.40. The highest BCUT2D eigenvalue weighted by Crippen LogP contribution is 2.47. The van der Waals surface area contributed by atoms with Crippen molar-refractivity contribution in [3.8, 4) is 5.75 Å². The van der Waals surface area contributed by atoms with Crippen molar-refractivity contribution in [2.75, 3.05) is 17.5 Å². The van der Waals surface area contributed by atoms with Gasteiger partial charge >= 0.3 is 0 Å². The van der Waals surface area contributed by atoms with Gasteiger partial charge in [0.2, 0.25) is 10.0 Å². The van der Waals surface area contributed by atoms with Gasteiger partial charge in [0.15, 0.2) is 0 Å². The molecule has 2 aromatic rings. The molecule has 1 fully saturated rings. The van der Waals surface area contributed by atoms with Crippen LogP contribution >= 0.6 is 0 Å². The van der Waals surface area contributed by atoms with Crippen molar-refractivity contribution in [3.63, 3.8) is 0 Å². The Labute approximate surface area is 146 Å². The number of phenolic OH excluding ortho intramolecular Hbond substituents is 1. The van der Waals surface area contributed by atoms with E-state index in [-0.39, 0.29) is 22.4 Å². The van der Waals surface area contributed by atoms with Crippen molar-refractivity contribution in [1.29, 1.82) is 0 Å². The SMILES string of the molecule is CS(=O)(=O)Nc1ccc(O)c(C(=O)NCC2(c3ccccc3)CC2)c1. The highest BCUT2D eigenvalue weighted by molar-refractivity contribution is 7.92. The molecule has 0 unspecified atom stereocenters. The third kappa shape index (κ3) is 4.11. The van der Waals surface area contributed by atoms with E-state index in [1.165, 1.54) is 23.8 Å². The van der Waals surface area contributed by atoms with Gasteiger partial charge in [0, 0.05) is 17.6 Å². The van der Waals surface area contributed by atoms with Crippen LogP contribution in [0.15, 0.2) is 48.5 Å². The molecule has 1 aliphatic carbocycles. The van der Waals surface area contributed by atoms with Crippen molar-refractivity contribution in [2.24, 2.45) is 0 Å². The lowest BCUT2D eigenvalue weighted by Gasteiger charge is -2.17. The Bertz CT molecular complexity index is 891. The molecule has 0 bridgehead atoms. The molecule has 1 amide bonds. The maximum Gasteiger partial charge on any atom is 0.255 e. The third-order valence-electron chi connectivity index (χ3n) is 4.37. The Kier molecular flexibility index (Phi) is 4.43. The largest absolute Gasteiger partial charge is 0.507 e. The van der Waals surface area contributed by atoms with E-state index in [0.29, 0.717) is 6.54 Å². The highest BCUT2D eigenvalue weighted by Gasteiger charge is 2.44. The number of benzene rings is 2. The van der Waals surface area contributed by atoms with E-state index in [2.05, 4.69) is 10.0 Å². The number of anilines is 1. The minimum atomic E-state index is -3.46. The first-order valence-corrected chi connectivity index (χ1v) is 9.83. The summed E-state index contributed by atoms with van der Waals surface area (Å²) in [4.78, 5) is 12.4. The summed E-state index contributed by atoms with van der Waals surface area (Å²) in [6.07, 6.45) is 3.02. The molecule has 0 aliphatic heterocycles. The van der Waals surface area contributed by atoms with Crippen LogP contribution in [0.3, 0.4) is 0 Å². The number of hydrogen-bond donors (Lipinski definition) is 3. The van der Waals surface area contributed by atoms with Crippen LogP contribution in [0.4, 0.5) is 5.69 Å². The zero-order valence-electron chi connectivity index (χ0n) is 13.8. The Morgan fingerprint density at radius 3 is 2.44 bits per heavy atom. The summed E-state index contributed by atoms with van der Waals surface area (Å²) in [7, 11) is -3.46. The van der Waals surface area contributed by atoms with Crippen molar-refractivity contribution < 1.29 is 18.3 Å². The Morgan fingerprint density at radius 1 is 1.16 bits per heavy atom. The van der Waals surface area contributed by atoms with Crippen molar-refractivity contribution in [1.82, 2.24) is 5.32 Å². The molecule has 7 heteroatoms. The van der Waals surface area contributed by atoms with Crippen molar-refractivity contribution in [2.45, 2.75) is 18.3 Å². The maximum absolute atomic E-state index is 12.4. The number of phenols is 1. The van der Waals surface area contributed by atoms with Crippen LogP contribution in [0.2, 0.25) is 0 Å². The number of sulfonamides is 1. The van der Waals surface area contributed by atoms with Crippen LogP contribution in [0.25, 0.3) is 0 Å². The average Bonchev–Trinajstić information content (AvgIpc) is 3.35. The molecule has 132 valence electrons. The molecule has 0 radical (unpaired) electrons. The zero-order chi connectivity index (χ0) is 18.1. The molecule has 2 aromatic carbocycles. The van der Waals surface area contributed by atoms with Crippen LogP contribution in [0.5, 0.6) is 5.75 Å². The topological polar surface area (TPSA) is 95.5 Å². The van der Waals surface area contributed by atoms with Gasteiger partial charge in [-0.1, -0.05) is 30.3 Å². The fourth-order valence-electron chi connectivity index (χ4n) is 2.85. The molecule has 3 rings (SSSR count). The molecule has 0 atom stereocenters. The highest BCUT2D eigenvalue weighted by atomic mass is 32.2. The maximum atomic E-state index is 12.4. The second-order valence-electron chi connectivity index (χ2n) is 6.44. The second-order valence-corrected chi connectivity index (χ2v) is 8.18. The lowest BCUT2D eigenvalue weighted by atomic mass is 9.96. The summed E-state index contributed by atoms with van der Waals surface area (Å²) < 4.78 is 24.9. The first-order valence-electron chi connectivity index (χ1n) is 7.94. The van der Waals surface area contributed by atoms with E-state index in [4.69, 9.17) is 0 Å². The van der Waals surface area contributed by atoms with Gasteiger partial charge in [-0.2, -0.15) is 0 Å². The van der Waals surface area contributed by atoms with E-state index in [1.54, 1.807) is 0 Å². The normalized spacial score (nSPS) is 15.4. The summed E-state index contributed by atoms with van der Waals surface area (Å²) >= 11 is 0. The predicted molar refractivity (Wildman–Crippen MR) is 96.3 cm³/mol. The third-order valence-corrected chi connectivity index (χ3v) is 4.98. The number of rotatable bonds is 6. The fraction of sp³-hybridized carbons (Fsp3) is 0.278. The van der Waals surface area contributed by atoms with E-state index >= 15 is 0 Å². The number of carbonyl (C=O) groups is 1. The smallest absolute Gasteiger partial charge is 0.255 e. The molecule has 0 heterocycles. The summed E-state index contributed by atoms with van der Waals surface area (Å²) in [6, 6.07) is 14.0.